The van der Waals surface area contributed by atoms with Gasteiger partial charge in [0.05, 0.1) is 5.69 Å². The third-order valence-electron chi connectivity index (χ3n) is 3.46. The van der Waals surface area contributed by atoms with Crippen molar-refractivity contribution in [2.75, 3.05) is 20.3 Å². The first-order chi connectivity index (χ1) is 9.57. The molecule has 2 heterocycles. The molecule has 0 bridgehead atoms. The molecule has 0 spiro atoms. The number of nitrogens with zero attached hydrogens (tertiary/aromatic N) is 1. The highest BCUT2D eigenvalue weighted by molar-refractivity contribution is 9.10. The van der Waals surface area contributed by atoms with E-state index in [2.05, 4.69) is 20.9 Å². The van der Waals surface area contributed by atoms with E-state index < -0.39 is 17.8 Å². The fourth-order valence-corrected chi connectivity index (χ4v) is 2.77. The van der Waals surface area contributed by atoms with Crippen LogP contribution in [0.2, 0.25) is 0 Å². The number of methoxy groups -OCH3 is 1. The fourth-order valence-electron chi connectivity index (χ4n) is 2.41. The summed E-state index contributed by atoms with van der Waals surface area (Å²) in [5, 5.41) is 0. The molecule has 0 saturated carbocycles. The minimum atomic E-state index is -0.848. The van der Waals surface area contributed by atoms with Crippen LogP contribution < -0.4 is 5.73 Å². The van der Waals surface area contributed by atoms with Gasteiger partial charge >= 0.3 is 6.09 Å². The summed E-state index contributed by atoms with van der Waals surface area (Å²) < 4.78 is 17.0. The number of carbonyl (C=O) groups is 1. The molecule has 2 rings (SSSR count). The number of pyridine rings is 1. The lowest BCUT2D eigenvalue weighted by atomic mass is 9.86. The van der Waals surface area contributed by atoms with Crippen LogP contribution in [0.1, 0.15) is 24.6 Å². The Morgan fingerprint density at radius 3 is 2.75 bits per heavy atom. The van der Waals surface area contributed by atoms with Crippen molar-refractivity contribution < 1.29 is 19.0 Å². The molecule has 1 aromatic rings. The molecule has 1 fully saturated rings. The lowest BCUT2D eigenvalue weighted by molar-refractivity contribution is -0.155. The summed E-state index contributed by atoms with van der Waals surface area (Å²) in [4.78, 5) is 15.6. The van der Waals surface area contributed by atoms with E-state index in [-0.39, 0.29) is 0 Å². The van der Waals surface area contributed by atoms with Crippen LogP contribution in [0.5, 0.6) is 0 Å². The van der Waals surface area contributed by atoms with Gasteiger partial charge in [-0.2, -0.15) is 0 Å². The average Bonchev–Trinajstić information content (AvgIpc) is 2.45. The molecule has 110 valence electrons. The van der Waals surface area contributed by atoms with Gasteiger partial charge in [-0.1, -0.05) is 6.07 Å². The van der Waals surface area contributed by atoms with Crippen molar-refractivity contribution in [2.24, 2.45) is 5.73 Å². The Labute approximate surface area is 125 Å². The first-order valence-electron chi connectivity index (χ1n) is 6.29. The topological polar surface area (TPSA) is 83.7 Å². The quantitative estimate of drug-likeness (QED) is 0.846. The van der Waals surface area contributed by atoms with Gasteiger partial charge in [0.2, 0.25) is 0 Å². The number of rotatable bonds is 4. The van der Waals surface area contributed by atoms with Gasteiger partial charge < -0.3 is 19.9 Å². The standard InChI is InChI=1S/C13H17BrN2O4/c1-18-13(5-7-19-8-6-13)11(20-12(15)17)9-3-2-4-10(14)16-9/h2-4,11H,5-8H2,1H3,(H2,15,17). The summed E-state index contributed by atoms with van der Waals surface area (Å²) >= 11 is 3.31. The van der Waals surface area contributed by atoms with E-state index in [4.69, 9.17) is 19.9 Å². The first-order valence-corrected chi connectivity index (χ1v) is 7.08. The molecule has 1 unspecified atom stereocenters. The van der Waals surface area contributed by atoms with Crippen molar-refractivity contribution in [1.82, 2.24) is 4.98 Å². The van der Waals surface area contributed by atoms with Crippen LogP contribution in [0.25, 0.3) is 0 Å². The molecule has 1 atom stereocenters. The van der Waals surface area contributed by atoms with E-state index in [1.54, 1.807) is 19.2 Å². The van der Waals surface area contributed by atoms with Crippen LogP contribution in [0.4, 0.5) is 4.79 Å². The lowest BCUT2D eigenvalue weighted by Crippen LogP contribution is -2.46. The van der Waals surface area contributed by atoms with E-state index in [9.17, 15) is 4.79 Å². The number of amides is 1. The third-order valence-corrected chi connectivity index (χ3v) is 3.90. The van der Waals surface area contributed by atoms with Crippen LogP contribution >= 0.6 is 15.9 Å². The van der Waals surface area contributed by atoms with E-state index in [1.807, 2.05) is 6.07 Å². The van der Waals surface area contributed by atoms with Gasteiger partial charge in [-0.05, 0) is 28.1 Å². The molecule has 0 aliphatic carbocycles. The molecule has 0 radical (unpaired) electrons. The highest BCUT2D eigenvalue weighted by Gasteiger charge is 2.44. The van der Waals surface area contributed by atoms with Crippen molar-refractivity contribution in [3.05, 3.63) is 28.5 Å². The minimum Gasteiger partial charge on any atom is -0.437 e. The van der Waals surface area contributed by atoms with Gasteiger partial charge in [0.25, 0.3) is 0 Å². The van der Waals surface area contributed by atoms with Gasteiger partial charge in [-0.15, -0.1) is 0 Å². The second kappa shape index (κ2) is 6.51. The number of primary amides is 1. The number of aromatic nitrogens is 1. The van der Waals surface area contributed by atoms with Crippen LogP contribution in [0.3, 0.4) is 0 Å². The molecular weight excluding hydrogens is 328 g/mol. The second-order valence-electron chi connectivity index (χ2n) is 4.58. The highest BCUT2D eigenvalue weighted by Crippen LogP contribution is 2.39. The van der Waals surface area contributed by atoms with Gasteiger partial charge in [-0.25, -0.2) is 9.78 Å². The van der Waals surface area contributed by atoms with E-state index in [1.165, 1.54) is 0 Å². The lowest BCUT2D eigenvalue weighted by Gasteiger charge is -2.40. The SMILES string of the molecule is COC1(C(OC(N)=O)c2cccc(Br)n2)CCOCC1. The molecule has 20 heavy (non-hydrogen) atoms. The Hall–Kier alpha value is -1.18. The molecule has 7 heteroatoms. The normalized spacial score (nSPS) is 19.3. The minimum absolute atomic E-state index is 0.542. The summed E-state index contributed by atoms with van der Waals surface area (Å²) in [5.41, 5.74) is 5.13. The van der Waals surface area contributed by atoms with Gasteiger partial charge in [0, 0.05) is 33.2 Å². The summed E-state index contributed by atoms with van der Waals surface area (Å²) in [6, 6.07) is 5.41. The van der Waals surface area contributed by atoms with Crippen LogP contribution in [-0.2, 0) is 14.2 Å². The number of ether oxygens (including phenoxy) is 3. The Kier molecular flexibility index (Phi) is 4.95. The number of hydrogen-bond donors (Lipinski definition) is 1. The highest BCUT2D eigenvalue weighted by atomic mass is 79.9. The number of carbonyl (C=O) groups excluding carboxylic acids is 1. The Balaban J connectivity index is 2.37. The monoisotopic (exact) mass is 344 g/mol. The maximum absolute atomic E-state index is 11.2. The van der Waals surface area contributed by atoms with Crippen molar-refractivity contribution in [2.45, 2.75) is 24.5 Å². The van der Waals surface area contributed by atoms with Crippen LogP contribution in [0, 0.1) is 0 Å². The second-order valence-corrected chi connectivity index (χ2v) is 5.40. The van der Waals surface area contributed by atoms with Gasteiger partial charge in [0.15, 0.2) is 6.10 Å². The van der Waals surface area contributed by atoms with E-state index in [0.717, 1.165) is 0 Å². The molecule has 1 amide bonds. The third kappa shape index (κ3) is 3.28. The van der Waals surface area contributed by atoms with Crippen LogP contribution in [0.15, 0.2) is 22.8 Å². The average molecular weight is 345 g/mol. The molecule has 6 nitrogen and oxygen atoms in total. The zero-order chi connectivity index (χ0) is 14.6. The van der Waals surface area contributed by atoms with Crippen molar-refractivity contribution in [3.8, 4) is 0 Å². The maximum Gasteiger partial charge on any atom is 0.405 e. The van der Waals surface area contributed by atoms with Crippen molar-refractivity contribution in [3.63, 3.8) is 0 Å². The Morgan fingerprint density at radius 2 is 2.20 bits per heavy atom. The van der Waals surface area contributed by atoms with Gasteiger partial charge in [0.1, 0.15) is 10.2 Å². The Morgan fingerprint density at radius 1 is 1.50 bits per heavy atom. The smallest absolute Gasteiger partial charge is 0.405 e. The summed E-state index contributed by atoms with van der Waals surface area (Å²) in [6.45, 7) is 1.08. The predicted octanol–water partition coefficient (Wildman–Crippen LogP) is 2.18. The summed E-state index contributed by atoms with van der Waals surface area (Å²) in [6.07, 6.45) is -0.295. The molecule has 2 N–H and O–H groups in total. The zero-order valence-corrected chi connectivity index (χ0v) is 12.8. The van der Waals surface area contributed by atoms with Crippen LogP contribution in [-0.4, -0.2) is 37.0 Å². The van der Waals surface area contributed by atoms with Crippen molar-refractivity contribution >= 4 is 22.0 Å². The van der Waals surface area contributed by atoms with E-state index in [0.29, 0.717) is 36.4 Å². The number of hydrogen-bond acceptors (Lipinski definition) is 5. The molecule has 0 aromatic carbocycles. The summed E-state index contributed by atoms with van der Waals surface area (Å²) in [5.74, 6) is 0. The zero-order valence-electron chi connectivity index (χ0n) is 11.2. The summed E-state index contributed by atoms with van der Waals surface area (Å²) in [7, 11) is 1.60. The molecular formula is C13H17BrN2O4. The number of nitrogens with two attached hydrogens (primary N) is 1. The number of halogens is 1. The largest absolute Gasteiger partial charge is 0.437 e. The van der Waals surface area contributed by atoms with Gasteiger partial charge in [-0.3, -0.25) is 0 Å². The Bertz CT molecular complexity index is 477. The molecule has 1 saturated heterocycles. The molecule has 1 aromatic heterocycles. The first kappa shape index (κ1) is 15.2. The fraction of sp³-hybridized carbons (Fsp3) is 0.538. The predicted molar refractivity (Wildman–Crippen MR) is 75.1 cm³/mol. The molecule has 1 aliphatic heterocycles. The molecule has 1 aliphatic rings. The maximum atomic E-state index is 11.2. The van der Waals surface area contributed by atoms with Crippen molar-refractivity contribution in [1.29, 1.82) is 0 Å². The van der Waals surface area contributed by atoms with E-state index >= 15 is 0 Å².